The highest BCUT2D eigenvalue weighted by molar-refractivity contribution is 7.99. The fraction of sp³-hybridized carbons (Fsp3) is 0.545. The van der Waals surface area contributed by atoms with Crippen LogP contribution in [-0.2, 0) is 4.79 Å². The minimum atomic E-state index is -0.737. The third-order valence-corrected chi connectivity index (χ3v) is 3.36. The molecule has 0 aliphatic carbocycles. The van der Waals surface area contributed by atoms with E-state index in [1.165, 1.54) is 6.33 Å². The van der Waals surface area contributed by atoms with E-state index in [4.69, 9.17) is 5.11 Å². The van der Waals surface area contributed by atoms with Gasteiger partial charge in [0.2, 0.25) is 0 Å². The van der Waals surface area contributed by atoms with Gasteiger partial charge < -0.3 is 5.11 Å². The Hall–Kier alpha value is -1.10. The smallest absolute Gasteiger partial charge is 0.309 e. The van der Waals surface area contributed by atoms with Crippen LogP contribution in [0, 0.1) is 5.41 Å². The molecule has 0 fully saturated rings. The summed E-state index contributed by atoms with van der Waals surface area (Å²) in [6.07, 6.45) is 4.77. The molecule has 1 N–H and O–H groups in total. The Balaban J connectivity index is 2.25. The summed E-state index contributed by atoms with van der Waals surface area (Å²) < 4.78 is 0. The van der Waals surface area contributed by atoms with Crippen LogP contribution < -0.4 is 0 Å². The first-order chi connectivity index (χ1) is 7.52. The van der Waals surface area contributed by atoms with Crippen molar-refractivity contribution < 1.29 is 9.90 Å². The lowest BCUT2D eigenvalue weighted by Gasteiger charge is -2.18. The zero-order valence-corrected chi connectivity index (χ0v) is 10.3. The number of carboxylic acid groups (broad SMARTS) is 1. The fourth-order valence-electron chi connectivity index (χ4n) is 1.16. The Kier molecular flexibility index (Phi) is 4.73. The molecule has 1 rings (SSSR count). The number of aromatic nitrogens is 2. The number of hydrogen-bond donors (Lipinski definition) is 1. The first-order valence-corrected chi connectivity index (χ1v) is 6.13. The van der Waals surface area contributed by atoms with E-state index in [9.17, 15) is 4.79 Å². The van der Waals surface area contributed by atoms with E-state index in [0.29, 0.717) is 6.42 Å². The summed E-state index contributed by atoms with van der Waals surface area (Å²) in [4.78, 5) is 18.8. The molecule has 0 radical (unpaired) electrons. The molecule has 0 saturated heterocycles. The summed E-state index contributed by atoms with van der Waals surface area (Å²) in [7, 11) is 0. The van der Waals surface area contributed by atoms with E-state index in [1.54, 1.807) is 31.8 Å². The number of thioether (sulfide) groups is 1. The van der Waals surface area contributed by atoms with Crippen LogP contribution in [0.25, 0.3) is 0 Å². The van der Waals surface area contributed by atoms with Crippen molar-refractivity contribution >= 4 is 17.7 Å². The van der Waals surface area contributed by atoms with Crippen molar-refractivity contribution in [3.05, 3.63) is 18.6 Å². The number of rotatable bonds is 6. The highest BCUT2D eigenvalue weighted by Crippen LogP contribution is 2.25. The van der Waals surface area contributed by atoms with Gasteiger partial charge in [0.1, 0.15) is 6.33 Å². The van der Waals surface area contributed by atoms with Gasteiger partial charge in [0, 0.05) is 6.20 Å². The van der Waals surface area contributed by atoms with Gasteiger partial charge in [-0.2, -0.15) is 0 Å². The van der Waals surface area contributed by atoms with Gasteiger partial charge in [-0.1, -0.05) is 0 Å². The van der Waals surface area contributed by atoms with Gasteiger partial charge in [-0.3, -0.25) is 4.79 Å². The Morgan fingerprint density at radius 2 is 2.31 bits per heavy atom. The number of carboxylic acids is 1. The Labute approximate surface area is 99.5 Å². The summed E-state index contributed by atoms with van der Waals surface area (Å²) in [5.41, 5.74) is -0.633. The molecule has 1 aromatic rings. The van der Waals surface area contributed by atoms with Gasteiger partial charge >= 0.3 is 5.97 Å². The van der Waals surface area contributed by atoms with Gasteiger partial charge in [-0.05, 0) is 38.5 Å². The lowest BCUT2D eigenvalue weighted by molar-refractivity contribution is -0.147. The normalized spacial score (nSPS) is 11.4. The zero-order valence-electron chi connectivity index (χ0n) is 9.51. The summed E-state index contributed by atoms with van der Waals surface area (Å²) in [5, 5.41) is 9.86. The topological polar surface area (TPSA) is 63.1 Å². The van der Waals surface area contributed by atoms with Crippen LogP contribution >= 0.6 is 11.8 Å². The fourth-order valence-corrected chi connectivity index (χ4v) is 1.94. The summed E-state index contributed by atoms with van der Waals surface area (Å²) >= 11 is 1.63. The first kappa shape index (κ1) is 13.0. The maximum atomic E-state index is 10.9. The summed E-state index contributed by atoms with van der Waals surface area (Å²) in [5.74, 6) is 0.146. The van der Waals surface area contributed by atoms with E-state index in [-0.39, 0.29) is 0 Å². The van der Waals surface area contributed by atoms with Crippen LogP contribution in [0.2, 0.25) is 0 Å². The van der Waals surface area contributed by atoms with E-state index in [2.05, 4.69) is 9.97 Å². The van der Waals surface area contributed by atoms with E-state index < -0.39 is 11.4 Å². The lowest BCUT2D eigenvalue weighted by Crippen LogP contribution is -2.23. The molecule has 1 heterocycles. The molecular formula is C11H16N2O2S. The van der Waals surface area contributed by atoms with Crippen molar-refractivity contribution in [2.75, 3.05) is 5.75 Å². The second kappa shape index (κ2) is 5.84. The molecule has 16 heavy (non-hydrogen) atoms. The van der Waals surface area contributed by atoms with Gasteiger partial charge in [0.15, 0.2) is 0 Å². The maximum Gasteiger partial charge on any atom is 0.309 e. The average Bonchev–Trinajstić information content (AvgIpc) is 2.26. The third-order valence-electron chi connectivity index (χ3n) is 2.33. The number of hydrogen-bond acceptors (Lipinski definition) is 4. The van der Waals surface area contributed by atoms with Crippen molar-refractivity contribution in [2.45, 2.75) is 31.7 Å². The molecule has 4 nitrogen and oxygen atoms in total. The molecule has 1 aromatic heterocycles. The average molecular weight is 240 g/mol. The Morgan fingerprint density at radius 3 is 2.88 bits per heavy atom. The number of aliphatic carboxylic acids is 1. The molecule has 0 unspecified atom stereocenters. The molecule has 0 amide bonds. The van der Waals surface area contributed by atoms with Crippen molar-refractivity contribution in [1.29, 1.82) is 0 Å². The third kappa shape index (κ3) is 4.18. The van der Waals surface area contributed by atoms with E-state index in [0.717, 1.165) is 17.2 Å². The lowest BCUT2D eigenvalue weighted by atomic mass is 9.88. The Bertz CT molecular complexity index is 341. The van der Waals surface area contributed by atoms with E-state index >= 15 is 0 Å². The number of nitrogens with zero attached hydrogens (tertiary/aromatic N) is 2. The van der Waals surface area contributed by atoms with Gasteiger partial charge in [-0.15, -0.1) is 11.8 Å². The van der Waals surface area contributed by atoms with Crippen molar-refractivity contribution in [1.82, 2.24) is 9.97 Å². The zero-order chi connectivity index (χ0) is 12.0. The molecule has 0 aliphatic rings. The van der Waals surface area contributed by atoms with Gasteiger partial charge in [0.05, 0.1) is 10.4 Å². The standard InChI is InChI=1S/C11H16N2O2S/c1-11(2,10(14)15)5-3-7-16-9-4-6-12-8-13-9/h4,6,8H,3,5,7H2,1-2H3,(H,14,15). The molecule has 0 saturated carbocycles. The predicted molar refractivity (Wildman–Crippen MR) is 63.4 cm³/mol. The summed E-state index contributed by atoms with van der Waals surface area (Å²) in [6.45, 7) is 3.51. The monoisotopic (exact) mass is 240 g/mol. The van der Waals surface area contributed by atoms with Crippen molar-refractivity contribution in [3.63, 3.8) is 0 Å². The molecule has 0 bridgehead atoms. The van der Waals surface area contributed by atoms with E-state index in [1.807, 2.05) is 6.07 Å². The minimum absolute atomic E-state index is 0.633. The molecule has 5 heteroatoms. The van der Waals surface area contributed by atoms with Crippen molar-refractivity contribution in [2.24, 2.45) is 5.41 Å². The molecule has 0 atom stereocenters. The van der Waals surface area contributed by atoms with Crippen LogP contribution in [0.1, 0.15) is 26.7 Å². The minimum Gasteiger partial charge on any atom is -0.481 e. The van der Waals surface area contributed by atoms with Crippen LogP contribution in [-0.4, -0.2) is 26.8 Å². The van der Waals surface area contributed by atoms with Crippen LogP contribution in [0.15, 0.2) is 23.6 Å². The maximum absolute atomic E-state index is 10.9. The second-order valence-corrected chi connectivity index (χ2v) is 5.30. The van der Waals surface area contributed by atoms with Crippen LogP contribution in [0.5, 0.6) is 0 Å². The molecule has 88 valence electrons. The summed E-state index contributed by atoms with van der Waals surface area (Å²) in [6, 6.07) is 1.85. The van der Waals surface area contributed by atoms with Gasteiger partial charge in [-0.25, -0.2) is 9.97 Å². The molecule has 0 spiro atoms. The van der Waals surface area contributed by atoms with Gasteiger partial charge in [0.25, 0.3) is 0 Å². The van der Waals surface area contributed by atoms with Crippen LogP contribution in [0.3, 0.4) is 0 Å². The molecular weight excluding hydrogens is 224 g/mol. The van der Waals surface area contributed by atoms with Crippen molar-refractivity contribution in [3.8, 4) is 0 Å². The van der Waals surface area contributed by atoms with Crippen LogP contribution in [0.4, 0.5) is 0 Å². The number of carbonyl (C=O) groups is 1. The molecule has 0 aliphatic heterocycles. The second-order valence-electron chi connectivity index (χ2n) is 4.19. The quantitative estimate of drug-likeness (QED) is 0.470. The first-order valence-electron chi connectivity index (χ1n) is 5.14. The highest BCUT2D eigenvalue weighted by atomic mass is 32.2. The Morgan fingerprint density at radius 1 is 1.56 bits per heavy atom. The predicted octanol–water partition coefficient (Wildman–Crippen LogP) is 2.46. The largest absolute Gasteiger partial charge is 0.481 e. The SMILES string of the molecule is CC(C)(CCCSc1ccncn1)C(=O)O. The molecule has 0 aromatic carbocycles. The highest BCUT2D eigenvalue weighted by Gasteiger charge is 2.25.